The minimum Gasteiger partial charge on any atom is -0.492 e. The van der Waals surface area contributed by atoms with Crippen molar-refractivity contribution in [2.75, 3.05) is 26.6 Å². The van der Waals surface area contributed by atoms with Crippen molar-refractivity contribution in [3.8, 4) is 11.5 Å². The van der Waals surface area contributed by atoms with E-state index in [1.54, 1.807) is 0 Å². The standard InChI is InChI=1S/C12H14O7S/c1-17-12(14)9-3-8-7(5-13)6-18-10(8)4-11(9)19-20(2,15)16/h3-4,7,13H,5-6H2,1-2H3. The number of rotatable bonds is 4. The van der Waals surface area contributed by atoms with Crippen LogP contribution in [-0.2, 0) is 14.9 Å². The molecule has 110 valence electrons. The van der Waals surface area contributed by atoms with Crippen molar-refractivity contribution < 1.29 is 32.0 Å². The molecule has 0 fully saturated rings. The smallest absolute Gasteiger partial charge is 0.341 e. The molecule has 2 rings (SSSR count). The van der Waals surface area contributed by atoms with Gasteiger partial charge in [0.05, 0.1) is 26.6 Å². The fourth-order valence-corrected chi connectivity index (χ4v) is 2.42. The molecule has 0 bridgehead atoms. The van der Waals surface area contributed by atoms with Crippen molar-refractivity contribution >= 4 is 16.1 Å². The highest BCUT2D eigenvalue weighted by Gasteiger charge is 2.28. The lowest BCUT2D eigenvalue weighted by molar-refractivity contribution is 0.0598. The Hall–Kier alpha value is -1.80. The van der Waals surface area contributed by atoms with Crippen LogP contribution in [0.4, 0.5) is 0 Å². The molecule has 0 saturated carbocycles. The summed E-state index contributed by atoms with van der Waals surface area (Å²) < 4.78 is 37.2. The SMILES string of the molecule is COC(=O)c1cc2c(cc1OS(C)(=O)=O)OCC2CO. The number of hydrogen-bond donors (Lipinski definition) is 1. The largest absolute Gasteiger partial charge is 0.492 e. The molecule has 1 aliphatic rings. The van der Waals surface area contributed by atoms with E-state index < -0.39 is 16.1 Å². The number of benzene rings is 1. The summed E-state index contributed by atoms with van der Waals surface area (Å²) in [6, 6.07) is 2.74. The van der Waals surface area contributed by atoms with Gasteiger partial charge >= 0.3 is 16.1 Å². The topological polar surface area (TPSA) is 99.1 Å². The summed E-state index contributed by atoms with van der Waals surface area (Å²) in [4.78, 5) is 11.7. The van der Waals surface area contributed by atoms with Crippen molar-refractivity contribution in [2.24, 2.45) is 0 Å². The van der Waals surface area contributed by atoms with E-state index in [1.807, 2.05) is 0 Å². The van der Waals surface area contributed by atoms with Gasteiger partial charge in [0.25, 0.3) is 0 Å². The number of carbonyl (C=O) groups is 1. The van der Waals surface area contributed by atoms with E-state index in [0.717, 1.165) is 6.26 Å². The molecule has 1 unspecified atom stereocenters. The molecule has 1 N–H and O–H groups in total. The molecule has 1 aliphatic heterocycles. The summed E-state index contributed by atoms with van der Waals surface area (Å²) >= 11 is 0. The van der Waals surface area contributed by atoms with E-state index in [4.69, 9.17) is 8.92 Å². The van der Waals surface area contributed by atoms with Crippen LogP contribution in [0.3, 0.4) is 0 Å². The Morgan fingerprint density at radius 3 is 2.75 bits per heavy atom. The number of ether oxygens (including phenoxy) is 2. The first-order valence-electron chi connectivity index (χ1n) is 5.75. The third-order valence-corrected chi connectivity index (χ3v) is 3.34. The zero-order valence-corrected chi connectivity index (χ0v) is 11.8. The second-order valence-corrected chi connectivity index (χ2v) is 5.93. The maximum atomic E-state index is 11.7. The lowest BCUT2D eigenvalue weighted by Gasteiger charge is -2.11. The Morgan fingerprint density at radius 2 is 2.20 bits per heavy atom. The average Bonchev–Trinajstić information content (AvgIpc) is 2.77. The highest BCUT2D eigenvalue weighted by Crippen LogP contribution is 2.39. The molecule has 0 amide bonds. The number of esters is 1. The van der Waals surface area contributed by atoms with Crippen LogP contribution in [0.2, 0.25) is 0 Å². The van der Waals surface area contributed by atoms with Gasteiger partial charge in [-0.05, 0) is 6.07 Å². The second kappa shape index (κ2) is 5.29. The molecule has 0 spiro atoms. The highest BCUT2D eigenvalue weighted by atomic mass is 32.2. The molecule has 7 nitrogen and oxygen atoms in total. The molecule has 1 atom stereocenters. The third-order valence-electron chi connectivity index (χ3n) is 2.86. The van der Waals surface area contributed by atoms with Crippen LogP contribution in [-0.4, -0.2) is 46.1 Å². The van der Waals surface area contributed by atoms with Crippen LogP contribution in [0.1, 0.15) is 21.8 Å². The van der Waals surface area contributed by atoms with Gasteiger partial charge in [-0.3, -0.25) is 0 Å². The number of aliphatic hydroxyl groups is 1. The zero-order chi connectivity index (χ0) is 14.9. The van der Waals surface area contributed by atoms with Gasteiger partial charge in [-0.25, -0.2) is 4.79 Å². The number of fused-ring (bicyclic) bond motifs is 1. The Morgan fingerprint density at radius 1 is 1.50 bits per heavy atom. The van der Waals surface area contributed by atoms with Crippen molar-refractivity contribution in [3.05, 3.63) is 23.3 Å². The van der Waals surface area contributed by atoms with E-state index in [-0.39, 0.29) is 30.4 Å². The van der Waals surface area contributed by atoms with Gasteiger partial charge in [0.15, 0.2) is 5.75 Å². The maximum absolute atomic E-state index is 11.7. The quantitative estimate of drug-likeness (QED) is 0.630. The van der Waals surface area contributed by atoms with Gasteiger partial charge in [0.2, 0.25) is 0 Å². The van der Waals surface area contributed by atoms with Crippen molar-refractivity contribution in [1.82, 2.24) is 0 Å². The Bertz CT molecular complexity index is 635. The third kappa shape index (κ3) is 2.86. The van der Waals surface area contributed by atoms with Gasteiger partial charge in [-0.15, -0.1) is 0 Å². The van der Waals surface area contributed by atoms with Gasteiger partial charge in [-0.1, -0.05) is 0 Å². The Labute approximate surface area is 116 Å². The Kier molecular flexibility index (Phi) is 3.87. The second-order valence-electron chi connectivity index (χ2n) is 4.36. The fraction of sp³-hybridized carbons (Fsp3) is 0.417. The van der Waals surface area contributed by atoms with E-state index in [9.17, 15) is 18.3 Å². The zero-order valence-electron chi connectivity index (χ0n) is 11.0. The summed E-state index contributed by atoms with van der Waals surface area (Å²) in [5.74, 6) is -0.761. The summed E-state index contributed by atoms with van der Waals surface area (Å²) in [7, 11) is -2.61. The van der Waals surface area contributed by atoms with Gasteiger partial charge in [-0.2, -0.15) is 8.42 Å². The van der Waals surface area contributed by atoms with Crippen LogP contribution in [0, 0.1) is 0 Å². The van der Waals surface area contributed by atoms with E-state index in [0.29, 0.717) is 11.3 Å². The molecule has 0 aromatic heterocycles. The van der Waals surface area contributed by atoms with Crippen molar-refractivity contribution in [2.45, 2.75) is 5.92 Å². The van der Waals surface area contributed by atoms with Gasteiger partial charge < -0.3 is 18.8 Å². The molecule has 1 aromatic carbocycles. The average molecular weight is 302 g/mol. The molecule has 8 heteroatoms. The first-order valence-corrected chi connectivity index (χ1v) is 7.56. The minimum atomic E-state index is -3.79. The molecule has 0 saturated heterocycles. The molecule has 0 aliphatic carbocycles. The van der Waals surface area contributed by atoms with E-state index >= 15 is 0 Å². The van der Waals surface area contributed by atoms with Crippen LogP contribution >= 0.6 is 0 Å². The molecule has 1 heterocycles. The highest BCUT2D eigenvalue weighted by molar-refractivity contribution is 7.86. The Balaban J connectivity index is 2.54. The van der Waals surface area contributed by atoms with E-state index in [1.165, 1.54) is 19.2 Å². The predicted molar refractivity (Wildman–Crippen MR) is 68.6 cm³/mol. The fourth-order valence-electron chi connectivity index (χ4n) is 1.95. The van der Waals surface area contributed by atoms with Crippen LogP contribution in [0.5, 0.6) is 11.5 Å². The monoisotopic (exact) mass is 302 g/mol. The lowest BCUT2D eigenvalue weighted by atomic mass is 9.99. The maximum Gasteiger partial charge on any atom is 0.341 e. The number of methoxy groups -OCH3 is 1. The van der Waals surface area contributed by atoms with Gasteiger partial charge in [0.1, 0.15) is 11.3 Å². The summed E-state index contributed by atoms with van der Waals surface area (Å²) in [6.45, 7) is 0.120. The van der Waals surface area contributed by atoms with Crippen molar-refractivity contribution in [1.29, 1.82) is 0 Å². The molecule has 20 heavy (non-hydrogen) atoms. The first kappa shape index (κ1) is 14.6. The summed E-state index contributed by atoms with van der Waals surface area (Å²) in [5, 5.41) is 9.23. The number of carbonyl (C=O) groups excluding carboxylic acids is 1. The van der Waals surface area contributed by atoms with Crippen LogP contribution in [0.25, 0.3) is 0 Å². The van der Waals surface area contributed by atoms with Crippen molar-refractivity contribution in [3.63, 3.8) is 0 Å². The molecule has 0 radical (unpaired) electrons. The molecular formula is C12H14O7S. The number of hydrogen-bond acceptors (Lipinski definition) is 7. The van der Waals surface area contributed by atoms with Gasteiger partial charge in [0, 0.05) is 17.5 Å². The van der Waals surface area contributed by atoms with Crippen LogP contribution < -0.4 is 8.92 Å². The molecular weight excluding hydrogens is 288 g/mol. The normalized spacial score (nSPS) is 17.2. The lowest BCUT2D eigenvalue weighted by Crippen LogP contribution is -2.12. The first-order chi connectivity index (χ1) is 9.35. The summed E-state index contributed by atoms with van der Waals surface area (Å²) in [6.07, 6.45) is 0.874. The predicted octanol–water partition coefficient (Wildman–Crippen LogP) is 0.280. The minimum absolute atomic E-state index is 0.0272. The van der Waals surface area contributed by atoms with Crippen LogP contribution in [0.15, 0.2) is 12.1 Å². The number of aliphatic hydroxyl groups excluding tert-OH is 1. The van der Waals surface area contributed by atoms with E-state index in [2.05, 4.69) is 4.74 Å². The summed E-state index contributed by atoms with van der Waals surface area (Å²) in [5.41, 5.74) is 0.592. The molecule has 1 aromatic rings.